The highest BCUT2D eigenvalue weighted by atomic mass is 32.2. The molecule has 0 saturated carbocycles. The number of hydrogen-bond acceptors (Lipinski definition) is 7. The molecule has 1 fully saturated rings. The molecule has 0 unspecified atom stereocenters. The first-order chi connectivity index (χ1) is 12.4. The van der Waals surface area contributed by atoms with Crippen molar-refractivity contribution in [2.24, 2.45) is 0 Å². The quantitative estimate of drug-likeness (QED) is 0.567. The maximum absolute atomic E-state index is 12.7. The number of nitrogens with one attached hydrogen (secondary N) is 1. The van der Waals surface area contributed by atoms with Gasteiger partial charge < -0.3 is 15.0 Å². The number of alkyl halides is 3. The van der Waals surface area contributed by atoms with E-state index in [-0.39, 0.29) is 17.8 Å². The number of hydrogen-bond donors (Lipinski definition) is 1. The first-order valence-electron chi connectivity index (χ1n) is 7.99. The van der Waals surface area contributed by atoms with E-state index in [1.807, 2.05) is 19.0 Å². The number of rotatable bonds is 6. The molecule has 0 atom stereocenters. The Labute approximate surface area is 154 Å². The number of likely N-dealkylation sites (N-methyl/N-ethyl adjacent to an activating group) is 1. The van der Waals surface area contributed by atoms with E-state index in [1.165, 1.54) is 0 Å². The van der Waals surface area contributed by atoms with E-state index in [0.717, 1.165) is 6.07 Å². The van der Waals surface area contributed by atoms with Crippen molar-refractivity contribution in [2.75, 3.05) is 39.2 Å². The highest BCUT2D eigenvalue weighted by molar-refractivity contribution is 7.92. The molecule has 0 aliphatic carbocycles. The third kappa shape index (κ3) is 4.33. The van der Waals surface area contributed by atoms with Crippen LogP contribution in [0.25, 0.3) is 0 Å². The van der Waals surface area contributed by atoms with Crippen molar-refractivity contribution in [3.63, 3.8) is 0 Å². The summed E-state index contributed by atoms with van der Waals surface area (Å²) < 4.78 is 66.4. The molecule has 1 aliphatic heterocycles. The zero-order chi connectivity index (χ0) is 20.5. The number of anilines is 1. The van der Waals surface area contributed by atoms with Crippen molar-refractivity contribution in [2.45, 2.75) is 28.8 Å². The zero-order valence-corrected chi connectivity index (χ0v) is 15.6. The third-order valence-corrected chi connectivity index (χ3v) is 6.24. The number of nitrogens with zero attached hydrogens (tertiary/aromatic N) is 2. The zero-order valence-electron chi connectivity index (χ0n) is 14.7. The Morgan fingerprint density at radius 3 is 2.37 bits per heavy atom. The molecule has 0 spiro atoms. The van der Waals surface area contributed by atoms with Gasteiger partial charge in [-0.15, -0.1) is 0 Å². The van der Waals surface area contributed by atoms with Crippen LogP contribution in [0.5, 0.6) is 0 Å². The highest BCUT2D eigenvalue weighted by Crippen LogP contribution is 2.35. The summed E-state index contributed by atoms with van der Waals surface area (Å²) in [7, 11) is -1.94. The second-order valence-electron chi connectivity index (χ2n) is 6.47. The van der Waals surface area contributed by atoms with Crippen LogP contribution in [0.4, 0.5) is 24.5 Å². The maximum atomic E-state index is 12.7. The van der Waals surface area contributed by atoms with Crippen molar-refractivity contribution in [3.05, 3.63) is 28.3 Å². The lowest BCUT2D eigenvalue weighted by Gasteiger charge is -2.43. The predicted molar refractivity (Wildman–Crippen MR) is 91.3 cm³/mol. The molecule has 1 aliphatic rings. The van der Waals surface area contributed by atoms with Gasteiger partial charge in [0.05, 0.1) is 9.82 Å². The van der Waals surface area contributed by atoms with Gasteiger partial charge in [0.25, 0.3) is 15.5 Å². The largest absolute Gasteiger partial charge is 0.501 e. The molecule has 1 heterocycles. The summed E-state index contributed by atoms with van der Waals surface area (Å²) in [5.41, 5.74) is -6.66. The molecular formula is C15H20F3N3O5S. The second kappa shape index (κ2) is 7.60. The summed E-state index contributed by atoms with van der Waals surface area (Å²) in [5.74, 6) is 0. The van der Waals surface area contributed by atoms with E-state index in [0.29, 0.717) is 38.2 Å². The second-order valence-corrected chi connectivity index (χ2v) is 8.41. The molecule has 12 heteroatoms. The van der Waals surface area contributed by atoms with Crippen LogP contribution in [0.15, 0.2) is 23.1 Å². The van der Waals surface area contributed by atoms with Crippen LogP contribution in [0.3, 0.4) is 0 Å². The van der Waals surface area contributed by atoms with Gasteiger partial charge in [-0.3, -0.25) is 10.1 Å². The molecule has 0 bridgehead atoms. The van der Waals surface area contributed by atoms with Gasteiger partial charge >= 0.3 is 5.51 Å². The molecule has 1 saturated heterocycles. The number of nitro benzene ring substituents is 1. The summed E-state index contributed by atoms with van der Waals surface area (Å²) in [5, 5.41) is 14.2. The summed E-state index contributed by atoms with van der Waals surface area (Å²) in [6.45, 7) is 1.32. The molecule has 0 radical (unpaired) electrons. The number of sulfone groups is 1. The van der Waals surface area contributed by atoms with Crippen LogP contribution in [-0.4, -0.2) is 63.1 Å². The van der Waals surface area contributed by atoms with Crippen LogP contribution in [0.2, 0.25) is 0 Å². The molecule has 152 valence electrons. The third-order valence-electron chi connectivity index (χ3n) is 4.76. The molecule has 1 aromatic carbocycles. The van der Waals surface area contributed by atoms with E-state index >= 15 is 0 Å². The average Bonchev–Trinajstić information content (AvgIpc) is 2.59. The molecule has 0 aromatic heterocycles. The minimum atomic E-state index is -5.67. The van der Waals surface area contributed by atoms with Gasteiger partial charge in [0.2, 0.25) is 0 Å². The minimum Gasteiger partial charge on any atom is -0.381 e. The number of nitro groups is 1. The van der Waals surface area contributed by atoms with Gasteiger partial charge in [0.15, 0.2) is 0 Å². The summed E-state index contributed by atoms with van der Waals surface area (Å²) in [4.78, 5) is 11.2. The Hall–Kier alpha value is -1.92. The molecule has 1 aromatic rings. The fourth-order valence-electron chi connectivity index (χ4n) is 2.91. The standard InChI is InChI=1S/C15H20F3N3O5S/c1-20(2)14(5-7-26-8-6-14)10-19-12-4-3-11(9-13(12)21(22)23)27(24,25)15(16,17)18/h3-4,9,19H,5-8,10H2,1-2H3. The summed E-state index contributed by atoms with van der Waals surface area (Å²) in [6, 6.07) is 2.13. The van der Waals surface area contributed by atoms with Gasteiger partial charge in [0.1, 0.15) is 5.69 Å². The van der Waals surface area contributed by atoms with Crippen molar-refractivity contribution < 1.29 is 31.2 Å². The normalized spacial score (nSPS) is 17.7. The van der Waals surface area contributed by atoms with E-state index in [1.54, 1.807) is 0 Å². The maximum Gasteiger partial charge on any atom is 0.501 e. The molecule has 8 nitrogen and oxygen atoms in total. The van der Waals surface area contributed by atoms with Gasteiger partial charge in [0, 0.05) is 31.4 Å². The monoisotopic (exact) mass is 411 g/mol. The van der Waals surface area contributed by atoms with E-state index < -0.39 is 30.9 Å². The fourth-order valence-corrected chi connectivity index (χ4v) is 3.69. The Balaban J connectivity index is 2.34. The van der Waals surface area contributed by atoms with Crippen molar-refractivity contribution in [3.8, 4) is 0 Å². The average molecular weight is 411 g/mol. The first kappa shape index (κ1) is 21.4. The van der Waals surface area contributed by atoms with Gasteiger partial charge in [-0.25, -0.2) is 8.42 Å². The van der Waals surface area contributed by atoms with Crippen LogP contribution < -0.4 is 5.32 Å². The minimum absolute atomic E-state index is 0.0474. The smallest absolute Gasteiger partial charge is 0.381 e. The predicted octanol–water partition coefficient (Wildman–Crippen LogP) is 2.41. The van der Waals surface area contributed by atoms with Crippen LogP contribution in [0.1, 0.15) is 12.8 Å². The van der Waals surface area contributed by atoms with Crippen LogP contribution in [0, 0.1) is 10.1 Å². The van der Waals surface area contributed by atoms with Crippen molar-refractivity contribution in [1.29, 1.82) is 0 Å². The van der Waals surface area contributed by atoms with Gasteiger partial charge in [-0.2, -0.15) is 13.2 Å². The lowest BCUT2D eigenvalue weighted by atomic mass is 9.88. The van der Waals surface area contributed by atoms with Crippen molar-refractivity contribution in [1.82, 2.24) is 4.90 Å². The van der Waals surface area contributed by atoms with Gasteiger partial charge in [-0.1, -0.05) is 0 Å². The SMILES string of the molecule is CN(C)C1(CNc2ccc(S(=O)(=O)C(F)(F)F)cc2[N+](=O)[O-])CCOCC1. The molecule has 0 amide bonds. The summed E-state index contributed by atoms with van der Waals surface area (Å²) >= 11 is 0. The van der Waals surface area contributed by atoms with E-state index in [9.17, 15) is 31.7 Å². The Morgan fingerprint density at radius 2 is 1.89 bits per heavy atom. The fraction of sp³-hybridized carbons (Fsp3) is 0.600. The van der Waals surface area contributed by atoms with E-state index in [2.05, 4.69) is 5.32 Å². The molecule has 1 N–H and O–H groups in total. The number of ether oxygens (including phenoxy) is 1. The molecule has 27 heavy (non-hydrogen) atoms. The first-order valence-corrected chi connectivity index (χ1v) is 9.48. The summed E-state index contributed by atoms with van der Waals surface area (Å²) in [6.07, 6.45) is 1.34. The number of halogens is 3. The Kier molecular flexibility index (Phi) is 6.02. The molecular weight excluding hydrogens is 391 g/mol. The van der Waals surface area contributed by atoms with Gasteiger partial charge in [-0.05, 0) is 39.1 Å². The molecule has 2 rings (SSSR count). The van der Waals surface area contributed by atoms with E-state index in [4.69, 9.17) is 4.74 Å². The lowest BCUT2D eigenvalue weighted by Crippen LogP contribution is -2.53. The van der Waals surface area contributed by atoms with Crippen LogP contribution in [-0.2, 0) is 14.6 Å². The highest BCUT2D eigenvalue weighted by Gasteiger charge is 2.47. The lowest BCUT2D eigenvalue weighted by molar-refractivity contribution is -0.384. The topological polar surface area (TPSA) is 102 Å². The number of benzene rings is 1. The van der Waals surface area contributed by atoms with Crippen molar-refractivity contribution >= 4 is 21.2 Å². The van der Waals surface area contributed by atoms with Crippen LogP contribution >= 0.6 is 0 Å². The Bertz CT molecular complexity index is 805. The Morgan fingerprint density at radius 1 is 1.30 bits per heavy atom.